The van der Waals surface area contributed by atoms with Crippen LogP contribution in [0.3, 0.4) is 0 Å². The molecule has 172 valence electrons. The van der Waals surface area contributed by atoms with Crippen LogP contribution in [0, 0.1) is 5.92 Å². The SMILES string of the molecule is O=C(c1ccccc1S(=O)(=O)N1CCOCC1)N1CCCN(CC2CCCCC2)CC1. The van der Waals surface area contributed by atoms with Crippen molar-refractivity contribution in [3.63, 3.8) is 0 Å². The van der Waals surface area contributed by atoms with Gasteiger partial charge in [0.1, 0.15) is 0 Å². The normalized spacial score (nSPS) is 22.9. The van der Waals surface area contributed by atoms with Crippen LogP contribution in [-0.4, -0.2) is 87.5 Å². The van der Waals surface area contributed by atoms with Crippen LogP contribution in [0.5, 0.6) is 0 Å². The molecule has 2 saturated heterocycles. The molecule has 0 spiro atoms. The van der Waals surface area contributed by atoms with Crippen LogP contribution in [0.4, 0.5) is 0 Å². The van der Waals surface area contributed by atoms with E-state index in [9.17, 15) is 13.2 Å². The molecule has 7 nitrogen and oxygen atoms in total. The Bertz CT molecular complexity index is 848. The number of carbonyl (C=O) groups excluding carboxylic acids is 1. The zero-order chi connectivity index (χ0) is 21.7. The molecular weight excluding hydrogens is 414 g/mol. The number of benzene rings is 1. The summed E-state index contributed by atoms with van der Waals surface area (Å²) in [5.41, 5.74) is 0.287. The van der Waals surface area contributed by atoms with Gasteiger partial charge in [0.25, 0.3) is 5.91 Å². The van der Waals surface area contributed by atoms with Crippen LogP contribution >= 0.6 is 0 Å². The van der Waals surface area contributed by atoms with Crippen molar-refractivity contribution in [2.24, 2.45) is 5.92 Å². The average Bonchev–Trinajstić information content (AvgIpc) is 3.05. The Hall–Kier alpha value is -1.48. The zero-order valence-electron chi connectivity index (χ0n) is 18.4. The second kappa shape index (κ2) is 10.4. The number of carbonyl (C=O) groups is 1. The second-order valence-electron chi connectivity index (χ2n) is 8.96. The summed E-state index contributed by atoms with van der Waals surface area (Å²) in [7, 11) is -3.72. The molecule has 4 rings (SSSR count). The summed E-state index contributed by atoms with van der Waals surface area (Å²) in [5, 5.41) is 0. The van der Waals surface area contributed by atoms with Crippen LogP contribution in [0.2, 0.25) is 0 Å². The van der Waals surface area contributed by atoms with Gasteiger partial charge in [0.2, 0.25) is 10.0 Å². The van der Waals surface area contributed by atoms with Gasteiger partial charge in [-0.1, -0.05) is 31.4 Å². The molecule has 3 fully saturated rings. The maximum atomic E-state index is 13.4. The molecule has 2 heterocycles. The number of hydrogen-bond donors (Lipinski definition) is 0. The lowest BCUT2D eigenvalue weighted by atomic mass is 9.89. The lowest BCUT2D eigenvalue weighted by Gasteiger charge is -2.29. The average molecular weight is 450 g/mol. The van der Waals surface area contributed by atoms with Gasteiger partial charge in [-0.25, -0.2) is 8.42 Å². The molecule has 8 heteroatoms. The number of morpholine rings is 1. The summed E-state index contributed by atoms with van der Waals surface area (Å²) in [6.07, 6.45) is 7.63. The standard InChI is InChI=1S/C23H35N3O4S/c27-23(25-12-6-11-24(13-14-25)19-20-7-2-1-3-8-20)21-9-4-5-10-22(21)31(28,29)26-15-17-30-18-16-26/h4-5,9-10,20H,1-3,6-8,11-19H2. The molecule has 1 amide bonds. The van der Waals surface area contributed by atoms with Crippen molar-refractivity contribution < 1.29 is 17.9 Å². The minimum Gasteiger partial charge on any atom is -0.379 e. The Labute approximate surface area is 186 Å². The Morgan fingerprint density at radius 2 is 1.65 bits per heavy atom. The van der Waals surface area contributed by atoms with Crippen LogP contribution in [0.15, 0.2) is 29.2 Å². The summed E-state index contributed by atoms with van der Waals surface area (Å²) in [4.78, 5) is 17.9. The summed E-state index contributed by atoms with van der Waals surface area (Å²) in [6, 6.07) is 6.66. The lowest BCUT2D eigenvalue weighted by molar-refractivity contribution is 0.0725. The van der Waals surface area contributed by atoms with Gasteiger partial charge in [-0.2, -0.15) is 4.31 Å². The van der Waals surface area contributed by atoms with Crippen LogP contribution in [-0.2, 0) is 14.8 Å². The van der Waals surface area contributed by atoms with E-state index in [0.717, 1.165) is 32.0 Å². The number of ether oxygens (including phenoxy) is 1. The Morgan fingerprint density at radius 1 is 0.903 bits per heavy atom. The zero-order valence-corrected chi connectivity index (χ0v) is 19.2. The maximum absolute atomic E-state index is 13.4. The highest BCUT2D eigenvalue weighted by Crippen LogP contribution is 2.26. The van der Waals surface area contributed by atoms with Crippen molar-refractivity contribution >= 4 is 15.9 Å². The topological polar surface area (TPSA) is 70.2 Å². The fourth-order valence-electron chi connectivity index (χ4n) is 5.06. The largest absolute Gasteiger partial charge is 0.379 e. The molecule has 3 aliphatic rings. The van der Waals surface area contributed by atoms with Gasteiger partial charge in [-0.05, 0) is 43.9 Å². The third-order valence-electron chi connectivity index (χ3n) is 6.82. The molecule has 0 N–H and O–H groups in total. The molecule has 1 aromatic rings. The van der Waals surface area contributed by atoms with Crippen molar-refractivity contribution in [1.82, 2.24) is 14.1 Å². The highest BCUT2D eigenvalue weighted by Gasteiger charge is 2.32. The van der Waals surface area contributed by atoms with Crippen molar-refractivity contribution in [1.29, 1.82) is 0 Å². The molecule has 0 atom stereocenters. The van der Waals surface area contributed by atoms with E-state index in [1.54, 1.807) is 24.3 Å². The smallest absolute Gasteiger partial charge is 0.255 e. The third-order valence-corrected chi connectivity index (χ3v) is 8.78. The van der Waals surface area contributed by atoms with Gasteiger partial charge in [0.15, 0.2) is 0 Å². The van der Waals surface area contributed by atoms with Gasteiger partial charge < -0.3 is 14.5 Å². The number of nitrogens with zero attached hydrogens (tertiary/aromatic N) is 3. The third kappa shape index (κ3) is 5.48. The molecule has 0 bridgehead atoms. The first-order valence-corrected chi connectivity index (χ1v) is 13.2. The van der Waals surface area contributed by atoms with Crippen molar-refractivity contribution in [3.05, 3.63) is 29.8 Å². The molecule has 2 aliphatic heterocycles. The Balaban J connectivity index is 1.44. The Kier molecular flexibility index (Phi) is 7.63. The number of amides is 1. The Morgan fingerprint density at radius 3 is 2.42 bits per heavy atom. The van der Waals surface area contributed by atoms with Crippen LogP contribution in [0.1, 0.15) is 48.9 Å². The first-order chi connectivity index (χ1) is 15.1. The molecule has 0 radical (unpaired) electrons. The fourth-order valence-corrected chi connectivity index (χ4v) is 6.65. The van der Waals surface area contributed by atoms with Crippen LogP contribution < -0.4 is 0 Å². The van der Waals surface area contributed by atoms with E-state index >= 15 is 0 Å². The molecule has 0 unspecified atom stereocenters. The highest BCUT2D eigenvalue weighted by atomic mass is 32.2. The summed E-state index contributed by atoms with van der Waals surface area (Å²) < 4.78 is 33.2. The summed E-state index contributed by atoms with van der Waals surface area (Å²) in [5.74, 6) is 0.613. The van der Waals surface area contributed by atoms with Crippen LogP contribution in [0.25, 0.3) is 0 Å². The van der Waals surface area contributed by atoms with Gasteiger partial charge in [-0.15, -0.1) is 0 Å². The first kappa shape index (κ1) is 22.7. The van der Waals surface area contributed by atoms with Gasteiger partial charge in [0.05, 0.1) is 23.7 Å². The van der Waals surface area contributed by atoms with Gasteiger partial charge in [0, 0.05) is 39.3 Å². The molecule has 1 aromatic carbocycles. The second-order valence-corrected chi connectivity index (χ2v) is 10.9. The highest BCUT2D eigenvalue weighted by molar-refractivity contribution is 7.89. The van der Waals surface area contributed by atoms with Crippen molar-refractivity contribution in [3.8, 4) is 0 Å². The van der Waals surface area contributed by atoms with E-state index in [-0.39, 0.29) is 16.4 Å². The van der Waals surface area contributed by atoms with Crippen molar-refractivity contribution in [2.45, 2.75) is 43.4 Å². The van der Waals surface area contributed by atoms with Gasteiger partial charge >= 0.3 is 0 Å². The van der Waals surface area contributed by atoms with Gasteiger partial charge in [-0.3, -0.25) is 4.79 Å². The van der Waals surface area contributed by atoms with E-state index in [1.807, 2.05) is 4.90 Å². The quantitative estimate of drug-likeness (QED) is 0.691. The fraction of sp³-hybridized carbons (Fsp3) is 0.696. The molecule has 31 heavy (non-hydrogen) atoms. The van der Waals surface area contributed by atoms with E-state index < -0.39 is 10.0 Å². The number of hydrogen-bond acceptors (Lipinski definition) is 5. The summed E-state index contributed by atoms with van der Waals surface area (Å²) in [6.45, 7) is 5.74. The number of rotatable bonds is 5. The minimum absolute atomic E-state index is 0.116. The van der Waals surface area contributed by atoms with E-state index in [1.165, 1.54) is 36.4 Å². The molecule has 0 aromatic heterocycles. The lowest BCUT2D eigenvalue weighted by Crippen LogP contribution is -2.42. The predicted octanol–water partition coefficient (Wildman–Crippen LogP) is 2.44. The predicted molar refractivity (Wildman–Crippen MR) is 120 cm³/mol. The molecule has 1 saturated carbocycles. The monoisotopic (exact) mass is 449 g/mol. The molecular formula is C23H35N3O4S. The van der Waals surface area contributed by atoms with Crippen molar-refractivity contribution in [2.75, 3.05) is 59.0 Å². The van der Waals surface area contributed by atoms with E-state index in [4.69, 9.17) is 4.74 Å². The first-order valence-electron chi connectivity index (χ1n) is 11.7. The minimum atomic E-state index is -3.72. The van der Waals surface area contributed by atoms with E-state index in [2.05, 4.69) is 4.90 Å². The molecule has 1 aliphatic carbocycles. The number of sulfonamides is 1. The summed E-state index contributed by atoms with van der Waals surface area (Å²) >= 11 is 0. The maximum Gasteiger partial charge on any atom is 0.255 e. The van der Waals surface area contributed by atoms with E-state index in [0.29, 0.717) is 39.4 Å².